The van der Waals surface area contributed by atoms with Gasteiger partial charge in [-0.15, -0.1) is 23.1 Å². The van der Waals surface area contributed by atoms with Crippen molar-refractivity contribution in [1.29, 1.82) is 0 Å². The van der Waals surface area contributed by atoms with E-state index in [1.807, 2.05) is 6.26 Å². The van der Waals surface area contributed by atoms with Crippen LogP contribution in [-0.4, -0.2) is 22.1 Å². The Kier molecular flexibility index (Phi) is 5.82. The van der Waals surface area contributed by atoms with Crippen LogP contribution in [0.1, 0.15) is 20.8 Å². The van der Waals surface area contributed by atoms with Crippen LogP contribution < -0.4 is 5.32 Å². The first kappa shape index (κ1) is 19.0. The highest BCUT2D eigenvalue weighted by atomic mass is 32.2. The number of anilines is 1. The number of hydrogen-bond acceptors (Lipinski definition) is 6. The number of thiazole rings is 1. The Morgan fingerprint density at radius 3 is 2.85 bits per heavy atom. The number of nitrogens with one attached hydrogen (secondary N) is 1. The number of amides is 1. The topological polar surface area (TPSA) is 85.1 Å². The van der Waals surface area contributed by atoms with Crippen molar-refractivity contribution in [2.24, 2.45) is 0 Å². The molecule has 138 valence electrons. The van der Waals surface area contributed by atoms with E-state index < -0.39 is 10.8 Å². The van der Waals surface area contributed by atoms with Gasteiger partial charge in [0.25, 0.3) is 11.6 Å². The fourth-order valence-electron chi connectivity index (χ4n) is 2.44. The SMILES string of the molecule is CSc1ccc([N+](=O)[O-])c(C(=O)Nc2ncc(Cc3cccc(F)c3)s2)c1. The van der Waals surface area contributed by atoms with E-state index in [4.69, 9.17) is 0 Å². The summed E-state index contributed by atoms with van der Waals surface area (Å²) < 4.78 is 13.3. The van der Waals surface area contributed by atoms with E-state index >= 15 is 0 Å². The van der Waals surface area contributed by atoms with Crippen LogP contribution in [0.2, 0.25) is 0 Å². The Morgan fingerprint density at radius 1 is 1.33 bits per heavy atom. The molecule has 0 bridgehead atoms. The Morgan fingerprint density at radius 2 is 2.15 bits per heavy atom. The zero-order valence-corrected chi connectivity index (χ0v) is 15.8. The number of rotatable bonds is 6. The molecule has 6 nitrogen and oxygen atoms in total. The molecule has 1 amide bonds. The molecule has 0 aliphatic heterocycles. The van der Waals surface area contributed by atoms with Crippen molar-refractivity contribution in [2.45, 2.75) is 11.3 Å². The van der Waals surface area contributed by atoms with E-state index in [-0.39, 0.29) is 17.1 Å². The Hall–Kier alpha value is -2.78. The second-order valence-electron chi connectivity index (χ2n) is 5.53. The lowest BCUT2D eigenvalue weighted by Gasteiger charge is -2.05. The van der Waals surface area contributed by atoms with Gasteiger partial charge in [0.1, 0.15) is 11.4 Å². The van der Waals surface area contributed by atoms with Crippen molar-refractivity contribution < 1.29 is 14.1 Å². The molecule has 0 saturated carbocycles. The van der Waals surface area contributed by atoms with E-state index in [0.717, 1.165) is 15.3 Å². The molecule has 0 atom stereocenters. The normalized spacial score (nSPS) is 10.6. The third-order valence-corrected chi connectivity index (χ3v) is 5.32. The van der Waals surface area contributed by atoms with Crippen molar-refractivity contribution >= 4 is 39.8 Å². The number of hydrogen-bond donors (Lipinski definition) is 1. The highest BCUT2D eigenvalue weighted by Crippen LogP contribution is 2.27. The molecule has 0 unspecified atom stereocenters. The van der Waals surface area contributed by atoms with Crippen molar-refractivity contribution in [3.05, 3.63) is 80.6 Å². The van der Waals surface area contributed by atoms with Crippen LogP contribution in [0.5, 0.6) is 0 Å². The predicted octanol–water partition coefficient (Wildman–Crippen LogP) is 4.76. The first-order chi connectivity index (χ1) is 13.0. The summed E-state index contributed by atoms with van der Waals surface area (Å²) in [5, 5.41) is 14.1. The number of benzene rings is 2. The summed E-state index contributed by atoms with van der Waals surface area (Å²) in [6.45, 7) is 0. The predicted molar refractivity (Wildman–Crippen MR) is 104 cm³/mol. The van der Waals surface area contributed by atoms with Crippen LogP contribution >= 0.6 is 23.1 Å². The van der Waals surface area contributed by atoms with Crippen LogP contribution in [0.4, 0.5) is 15.2 Å². The van der Waals surface area contributed by atoms with E-state index in [1.165, 1.54) is 47.4 Å². The molecule has 27 heavy (non-hydrogen) atoms. The van der Waals surface area contributed by atoms with E-state index in [0.29, 0.717) is 11.6 Å². The summed E-state index contributed by atoms with van der Waals surface area (Å²) in [7, 11) is 0. The quantitative estimate of drug-likeness (QED) is 0.364. The minimum Gasteiger partial charge on any atom is -0.298 e. The summed E-state index contributed by atoms with van der Waals surface area (Å²) in [6, 6.07) is 10.6. The van der Waals surface area contributed by atoms with Gasteiger partial charge in [-0.05, 0) is 36.1 Å². The van der Waals surface area contributed by atoms with Gasteiger partial charge in [-0.3, -0.25) is 20.2 Å². The first-order valence-corrected chi connectivity index (χ1v) is 9.83. The molecule has 0 aliphatic carbocycles. The number of nitro groups is 1. The summed E-state index contributed by atoms with van der Waals surface area (Å²) in [5.74, 6) is -0.907. The Labute approximate surface area is 162 Å². The fraction of sp³-hybridized carbons (Fsp3) is 0.111. The monoisotopic (exact) mass is 403 g/mol. The summed E-state index contributed by atoms with van der Waals surface area (Å²) in [5.41, 5.74) is 0.510. The van der Waals surface area contributed by atoms with E-state index in [9.17, 15) is 19.3 Å². The third kappa shape index (κ3) is 4.69. The van der Waals surface area contributed by atoms with Gasteiger partial charge >= 0.3 is 0 Å². The number of carbonyl (C=O) groups is 1. The molecule has 9 heteroatoms. The van der Waals surface area contributed by atoms with Gasteiger partial charge in [0.15, 0.2) is 5.13 Å². The van der Waals surface area contributed by atoms with Crippen molar-refractivity contribution in [2.75, 3.05) is 11.6 Å². The number of nitrogens with zero attached hydrogens (tertiary/aromatic N) is 2. The third-order valence-electron chi connectivity index (χ3n) is 3.69. The largest absolute Gasteiger partial charge is 0.298 e. The molecule has 3 aromatic rings. The average molecular weight is 403 g/mol. The zero-order chi connectivity index (χ0) is 19.4. The average Bonchev–Trinajstić information content (AvgIpc) is 3.07. The lowest BCUT2D eigenvalue weighted by molar-refractivity contribution is -0.385. The van der Waals surface area contributed by atoms with Gasteiger partial charge in [-0.1, -0.05) is 12.1 Å². The molecular weight excluding hydrogens is 389 g/mol. The lowest BCUT2D eigenvalue weighted by Crippen LogP contribution is -2.13. The summed E-state index contributed by atoms with van der Waals surface area (Å²) in [6.07, 6.45) is 3.90. The molecule has 0 spiro atoms. The minimum absolute atomic E-state index is 0.0197. The number of aromatic nitrogens is 1. The van der Waals surface area contributed by atoms with Crippen LogP contribution in [0.3, 0.4) is 0 Å². The van der Waals surface area contributed by atoms with Crippen LogP contribution in [0.15, 0.2) is 53.6 Å². The number of thioether (sulfide) groups is 1. The second-order valence-corrected chi connectivity index (χ2v) is 7.53. The zero-order valence-electron chi connectivity index (χ0n) is 14.1. The van der Waals surface area contributed by atoms with E-state index in [1.54, 1.807) is 24.4 Å². The molecule has 1 aromatic heterocycles. The van der Waals surface area contributed by atoms with Gasteiger partial charge in [-0.2, -0.15) is 0 Å². The number of nitro benzene ring substituents is 1. The molecule has 2 aromatic carbocycles. The maximum atomic E-state index is 13.3. The summed E-state index contributed by atoms with van der Waals surface area (Å²) in [4.78, 5) is 28.8. The Balaban J connectivity index is 1.77. The molecule has 1 heterocycles. The fourth-order valence-corrected chi connectivity index (χ4v) is 3.72. The maximum Gasteiger partial charge on any atom is 0.282 e. The Bertz CT molecular complexity index is 1010. The first-order valence-electron chi connectivity index (χ1n) is 7.79. The summed E-state index contributed by atoms with van der Waals surface area (Å²) >= 11 is 2.63. The molecular formula is C18H14FN3O3S2. The van der Waals surface area contributed by atoms with Crippen LogP contribution in [-0.2, 0) is 6.42 Å². The van der Waals surface area contributed by atoms with Gasteiger partial charge in [0, 0.05) is 28.5 Å². The lowest BCUT2D eigenvalue weighted by atomic mass is 10.1. The van der Waals surface area contributed by atoms with Crippen LogP contribution in [0.25, 0.3) is 0 Å². The molecule has 1 N–H and O–H groups in total. The molecule has 0 fully saturated rings. The van der Waals surface area contributed by atoms with Gasteiger partial charge < -0.3 is 0 Å². The van der Waals surface area contributed by atoms with Gasteiger partial charge in [0.2, 0.25) is 0 Å². The molecule has 0 saturated heterocycles. The molecule has 3 rings (SSSR count). The highest BCUT2D eigenvalue weighted by molar-refractivity contribution is 7.98. The van der Waals surface area contributed by atoms with Crippen molar-refractivity contribution in [3.63, 3.8) is 0 Å². The van der Waals surface area contributed by atoms with Crippen LogP contribution in [0, 0.1) is 15.9 Å². The number of carbonyl (C=O) groups excluding carboxylic acids is 1. The molecule has 0 aliphatic rings. The maximum absolute atomic E-state index is 13.3. The van der Waals surface area contributed by atoms with E-state index in [2.05, 4.69) is 10.3 Å². The smallest absolute Gasteiger partial charge is 0.282 e. The second kappa shape index (κ2) is 8.28. The minimum atomic E-state index is -0.593. The van der Waals surface area contributed by atoms with Gasteiger partial charge in [0.05, 0.1) is 4.92 Å². The highest BCUT2D eigenvalue weighted by Gasteiger charge is 2.21. The number of halogens is 1. The van der Waals surface area contributed by atoms with Crippen molar-refractivity contribution in [3.8, 4) is 0 Å². The standard InChI is InChI=1S/C18H14FN3O3S2/c1-26-13-5-6-16(22(24)25)15(9-13)17(23)21-18-20-10-14(27-18)8-11-3-2-4-12(19)7-11/h2-7,9-10H,8H2,1H3,(H,20,21,23). The van der Waals surface area contributed by atoms with Gasteiger partial charge in [-0.25, -0.2) is 9.37 Å². The van der Waals surface area contributed by atoms with Crippen molar-refractivity contribution in [1.82, 2.24) is 4.98 Å². The molecule has 0 radical (unpaired) electrons.